The first kappa shape index (κ1) is 29.4. The van der Waals surface area contributed by atoms with E-state index in [4.69, 9.17) is 14.2 Å². The average molecular weight is 555 g/mol. The minimum absolute atomic E-state index is 0.0139. The Hall–Kier alpha value is -2.14. The minimum atomic E-state index is -0.966. The van der Waals surface area contributed by atoms with E-state index in [2.05, 4.69) is 31.2 Å². The maximum absolute atomic E-state index is 14.4. The van der Waals surface area contributed by atoms with Crippen LogP contribution in [0.2, 0.25) is 0 Å². The van der Waals surface area contributed by atoms with Crippen LogP contribution in [0.3, 0.4) is 0 Å². The molecule has 3 nitrogen and oxygen atoms in total. The van der Waals surface area contributed by atoms with Crippen LogP contribution in [0, 0.1) is 35.3 Å². The van der Waals surface area contributed by atoms with Gasteiger partial charge >= 0.3 is 0 Å². The highest BCUT2D eigenvalue weighted by Gasteiger charge is 2.36. The van der Waals surface area contributed by atoms with Crippen molar-refractivity contribution < 1.29 is 23.0 Å². The van der Waals surface area contributed by atoms with E-state index in [0.29, 0.717) is 37.1 Å². The lowest BCUT2D eigenvalue weighted by Crippen LogP contribution is -2.32. The SMILES string of the molecule is CCCC1CCC(OCc2ccc(C3CCC4CC(COc5ccc(OCC)c(F)c5F)CCC4C3)cc2)CC1. The van der Waals surface area contributed by atoms with E-state index in [1.807, 2.05) is 0 Å². The number of ether oxygens (including phenoxy) is 3. The lowest BCUT2D eigenvalue weighted by molar-refractivity contribution is 0.00630. The second-order valence-corrected chi connectivity index (χ2v) is 12.6. The van der Waals surface area contributed by atoms with Gasteiger partial charge < -0.3 is 14.2 Å². The van der Waals surface area contributed by atoms with Gasteiger partial charge in [0.15, 0.2) is 11.5 Å². The molecule has 220 valence electrons. The van der Waals surface area contributed by atoms with E-state index in [9.17, 15) is 8.78 Å². The fourth-order valence-electron chi connectivity index (χ4n) is 7.64. The third-order valence-corrected chi connectivity index (χ3v) is 9.93. The van der Waals surface area contributed by atoms with Gasteiger partial charge in [-0.15, -0.1) is 0 Å². The summed E-state index contributed by atoms with van der Waals surface area (Å²) in [6.45, 7) is 5.51. The molecule has 0 radical (unpaired) electrons. The van der Waals surface area contributed by atoms with Gasteiger partial charge in [0, 0.05) is 0 Å². The number of hydrogen-bond acceptors (Lipinski definition) is 3. The average Bonchev–Trinajstić information content (AvgIpc) is 2.99. The summed E-state index contributed by atoms with van der Waals surface area (Å²) in [6, 6.07) is 12.2. The molecule has 5 heteroatoms. The first-order valence-corrected chi connectivity index (χ1v) is 16.0. The molecule has 3 aliphatic rings. The molecule has 0 spiro atoms. The largest absolute Gasteiger partial charge is 0.491 e. The normalized spacial score (nSPS) is 28.6. The van der Waals surface area contributed by atoms with Gasteiger partial charge in [0.25, 0.3) is 0 Å². The van der Waals surface area contributed by atoms with Crippen molar-refractivity contribution in [1.82, 2.24) is 0 Å². The number of halogens is 2. The lowest BCUT2D eigenvalue weighted by Gasteiger charge is -2.42. The van der Waals surface area contributed by atoms with Crippen LogP contribution in [0.4, 0.5) is 8.78 Å². The van der Waals surface area contributed by atoms with Gasteiger partial charge in [0.1, 0.15) is 0 Å². The molecule has 2 aromatic rings. The Morgan fingerprint density at radius 3 is 2.05 bits per heavy atom. The van der Waals surface area contributed by atoms with Crippen molar-refractivity contribution in [2.24, 2.45) is 23.7 Å². The smallest absolute Gasteiger partial charge is 0.204 e. The highest BCUT2D eigenvalue weighted by Crippen LogP contribution is 2.47. The Labute approximate surface area is 240 Å². The van der Waals surface area contributed by atoms with Crippen molar-refractivity contribution >= 4 is 0 Å². The van der Waals surface area contributed by atoms with Crippen molar-refractivity contribution in [2.45, 2.75) is 110 Å². The summed E-state index contributed by atoms with van der Waals surface area (Å²) in [4.78, 5) is 0. The van der Waals surface area contributed by atoms with Crippen LogP contribution in [0.1, 0.15) is 108 Å². The molecule has 0 heterocycles. The predicted molar refractivity (Wildman–Crippen MR) is 156 cm³/mol. The van der Waals surface area contributed by atoms with Crippen LogP contribution >= 0.6 is 0 Å². The Bertz CT molecular complexity index is 1060. The minimum Gasteiger partial charge on any atom is -0.491 e. The second kappa shape index (κ2) is 14.2. The topological polar surface area (TPSA) is 27.7 Å². The molecule has 0 bridgehead atoms. The Morgan fingerprint density at radius 1 is 0.700 bits per heavy atom. The summed E-state index contributed by atoms with van der Waals surface area (Å²) in [5.41, 5.74) is 2.76. The quantitative estimate of drug-likeness (QED) is 0.277. The molecule has 3 saturated carbocycles. The van der Waals surface area contributed by atoms with Crippen molar-refractivity contribution in [3.8, 4) is 11.5 Å². The summed E-state index contributed by atoms with van der Waals surface area (Å²) in [6.07, 6.45) is 15.3. The molecule has 0 aliphatic heterocycles. The van der Waals surface area contributed by atoms with E-state index in [-0.39, 0.29) is 11.5 Å². The zero-order chi connectivity index (χ0) is 27.9. The lowest BCUT2D eigenvalue weighted by atomic mass is 9.64. The van der Waals surface area contributed by atoms with Gasteiger partial charge in [-0.05, 0) is 124 Å². The second-order valence-electron chi connectivity index (χ2n) is 12.6. The molecule has 40 heavy (non-hydrogen) atoms. The standard InChI is InChI=1S/C35H48F2O3/c1-3-5-24-9-16-31(17-10-24)39-22-25-6-11-27(12-7-25)29-15-14-28-20-26(8-13-30(28)21-29)23-40-33-19-18-32(38-4-2)34(36)35(33)37/h6-7,11-12,18-19,24,26,28-31H,3-5,8-10,13-17,20-23H2,1-2H3. The Kier molecular flexibility index (Phi) is 10.4. The molecule has 0 amide bonds. The predicted octanol–water partition coefficient (Wildman–Crippen LogP) is 9.62. The van der Waals surface area contributed by atoms with Gasteiger partial charge in [0.05, 0.1) is 25.9 Å². The fraction of sp³-hybridized carbons (Fsp3) is 0.657. The van der Waals surface area contributed by atoms with E-state index in [1.54, 1.807) is 6.92 Å². The van der Waals surface area contributed by atoms with Crippen LogP contribution in [0.5, 0.6) is 11.5 Å². The maximum atomic E-state index is 14.4. The molecule has 2 aromatic carbocycles. The van der Waals surface area contributed by atoms with E-state index in [0.717, 1.165) is 31.3 Å². The summed E-state index contributed by atoms with van der Waals surface area (Å²) < 4.78 is 45.8. The van der Waals surface area contributed by atoms with Crippen LogP contribution in [-0.2, 0) is 11.3 Å². The molecular weight excluding hydrogens is 506 g/mol. The number of fused-ring (bicyclic) bond motifs is 1. The number of hydrogen-bond donors (Lipinski definition) is 0. The fourth-order valence-corrected chi connectivity index (χ4v) is 7.64. The van der Waals surface area contributed by atoms with Crippen LogP contribution in [0.25, 0.3) is 0 Å². The molecule has 4 atom stereocenters. The van der Waals surface area contributed by atoms with Crippen molar-refractivity contribution in [1.29, 1.82) is 0 Å². The molecule has 0 saturated heterocycles. The molecule has 0 aromatic heterocycles. The third-order valence-electron chi connectivity index (χ3n) is 9.93. The van der Waals surface area contributed by atoms with Crippen molar-refractivity contribution in [3.63, 3.8) is 0 Å². The van der Waals surface area contributed by atoms with E-state index < -0.39 is 11.6 Å². The Balaban J connectivity index is 1.05. The van der Waals surface area contributed by atoms with Crippen LogP contribution in [0.15, 0.2) is 36.4 Å². The molecule has 5 rings (SSSR count). The number of rotatable bonds is 11. The molecular formula is C35H48F2O3. The summed E-state index contributed by atoms with van der Waals surface area (Å²) in [5.74, 6) is 1.42. The van der Waals surface area contributed by atoms with Crippen molar-refractivity contribution in [3.05, 3.63) is 59.2 Å². The molecule has 4 unspecified atom stereocenters. The summed E-state index contributed by atoms with van der Waals surface area (Å²) in [5, 5.41) is 0. The van der Waals surface area contributed by atoms with Crippen LogP contribution in [-0.4, -0.2) is 19.3 Å². The summed E-state index contributed by atoms with van der Waals surface area (Å²) in [7, 11) is 0. The van der Waals surface area contributed by atoms with E-state index >= 15 is 0 Å². The summed E-state index contributed by atoms with van der Waals surface area (Å²) >= 11 is 0. The highest BCUT2D eigenvalue weighted by molar-refractivity contribution is 5.35. The first-order valence-electron chi connectivity index (χ1n) is 16.0. The zero-order valence-electron chi connectivity index (χ0n) is 24.5. The zero-order valence-corrected chi connectivity index (χ0v) is 24.5. The van der Waals surface area contributed by atoms with Gasteiger partial charge in [-0.2, -0.15) is 8.78 Å². The molecule has 3 aliphatic carbocycles. The monoisotopic (exact) mass is 554 g/mol. The van der Waals surface area contributed by atoms with Gasteiger partial charge in [-0.1, -0.05) is 44.0 Å². The van der Waals surface area contributed by atoms with Gasteiger partial charge in [0.2, 0.25) is 11.6 Å². The van der Waals surface area contributed by atoms with Crippen molar-refractivity contribution in [2.75, 3.05) is 13.2 Å². The first-order chi connectivity index (χ1) is 19.5. The number of benzene rings is 2. The van der Waals surface area contributed by atoms with Crippen LogP contribution < -0.4 is 9.47 Å². The maximum Gasteiger partial charge on any atom is 0.204 e. The highest BCUT2D eigenvalue weighted by atomic mass is 19.2. The third kappa shape index (κ3) is 7.38. The van der Waals surface area contributed by atoms with Gasteiger partial charge in [-0.25, -0.2) is 0 Å². The van der Waals surface area contributed by atoms with Gasteiger partial charge in [-0.3, -0.25) is 0 Å². The molecule has 3 fully saturated rings. The Morgan fingerprint density at radius 2 is 1.35 bits per heavy atom. The molecule has 0 N–H and O–H groups in total. The van der Waals surface area contributed by atoms with E-state index in [1.165, 1.54) is 87.5 Å².